The molecule has 0 amide bonds. The van der Waals surface area contributed by atoms with Crippen LogP contribution in [0.25, 0.3) is 0 Å². The number of guanidine groups is 1. The Morgan fingerprint density at radius 1 is 1.12 bits per heavy atom. The van der Waals surface area contributed by atoms with Crippen LogP contribution in [0.3, 0.4) is 0 Å². The molecule has 0 spiro atoms. The Labute approximate surface area is 145 Å². The lowest BCUT2D eigenvalue weighted by atomic mass is 10.0. The van der Waals surface area contributed by atoms with Crippen molar-refractivity contribution in [2.24, 2.45) is 10.9 Å². The van der Waals surface area contributed by atoms with E-state index in [1.54, 1.807) is 31.3 Å². The predicted molar refractivity (Wildman–Crippen MR) is 99.1 cm³/mol. The van der Waals surface area contributed by atoms with Crippen LogP contribution < -0.4 is 10.6 Å². The monoisotopic (exact) mass is 351 g/mol. The van der Waals surface area contributed by atoms with E-state index in [1.165, 1.54) is 32.1 Å². The van der Waals surface area contributed by atoms with Crippen LogP contribution in [-0.2, 0) is 9.84 Å². The third kappa shape index (κ3) is 6.15. The van der Waals surface area contributed by atoms with Gasteiger partial charge in [0.05, 0.1) is 10.6 Å². The van der Waals surface area contributed by atoms with Crippen LogP contribution in [0.15, 0.2) is 40.2 Å². The third-order valence-electron chi connectivity index (χ3n) is 4.55. The first-order chi connectivity index (χ1) is 11.6. The van der Waals surface area contributed by atoms with E-state index in [4.69, 9.17) is 0 Å². The van der Waals surface area contributed by atoms with E-state index in [9.17, 15) is 8.42 Å². The van der Waals surface area contributed by atoms with E-state index in [2.05, 4.69) is 15.6 Å². The second-order valence-corrected chi connectivity index (χ2v) is 8.46. The highest BCUT2D eigenvalue weighted by molar-refractivity contribution is 7.91. The maximum Gasteiger partial charge on any atom is 0.191 e. The molecular formula is C18H29N3O2S. The summed E-state index contributed by atoms with van der Waals surface area (Å²) in [7, 11) is -1.54. The summed E-state index contributed by atoms with van der Waals surface area (Å²) < 4.78 is 24.4. The van der Waals surface area contributed by atoms with E-state index < -0.39 is 9.84 Å². The molecule has 0 atom stereocenters. The molecule has 134 valence electrons. The van der Waals surface area contributed by atoms with E-state index >= 15 is 0 Å². The van der Waals surface area contributed by atoms with Gasteiger partial charge >= 0.3 is 0 Å². The Bertz CT molecular complexity index is 608. The third-order valence-corrected chi connectivity index (χ3v) is 6.28. The highest BCUT2D eigenvalue weighted by Gasteiger charge is 2.15. The van der Waals surface area contributed by atoms with Gasteiger partial charge in [-0.25, -0.2) is 8.42 Å². The second-order valence-electron chi connectivity index (χ2n) is 6.35. The molecule has 0 unspecified atom stereocenters. The van der Waals surface area contributed by atoms with Gasteiger partial charge in [0.2, 0.25) is 0 Å². The molecule has 1 saturated carbocycles. The van der Waals surface area contributed by atoms with Crippen LogP contribution in [0.2, 0.25) is 0 Å². The lowest BCUT2D eigenvalue weighted by molar-refractivity contribution is 0.481. The van der Waals surface area contributed by atoms with Gasteiger partial charge in [0, 0.05) is 20.1 Å². The van der Waals surface area contributed by atoms with Crippen molar-refractivity contribution in [3.05, 3.63) is 30.3 Å². The van der Waals surface area contributed by atoms with Crippen molar-refractivity contribution in [1.82, 2.24) is 10.6 Å². The number of nitrogens with one attached hydrogen (secondary N) is 2. The SMILES string of the molecule is CN=C(NCCCC1CCCC1)NCCS(=O)(=O)c1ccccc1. The van der Waals surface area contributed by atoms with Crippen molar-refractivity contribution in [1.29, 1.82) is 0 Å². The Balaban J connectivity index is 1.66. The molecule has 0 radical (unpaired) electrons. The molecule has 6 heteroatoms. The minimum atomic E-state index is -3.25. The largest absolute Gasteiger partial charge is 0.356 e. The summed E-state index contributed by atoms with van der Waals surface area (Å²) in [4.78, 5) is 4.52. The fourth-order valence-corrected chi connectivity index (χ4v) is 4.34. The fraction of sp³-hybridized carbons (Fsp3) is 0.611. The van der Waals surface area contributed by atoms with E-state index in [0.29, 0.717) is 17.4 Å². The molecule has 5 nitrogen and oxygen atoms in total. The number of nitrogens with zero attached hydrogens (tertiary/aromatic N) is 1. The summed E-state index contributed by atoms with van der Waals surface area (Å²) in [5.74, 6) is 1.63. The molecule has 0 aromatic heterocycles. The molecule has 1 aliphatic carbocycles. The molecule has 24 heavy (non-hydrogen) atoms. The van der Waals surface area contributed by atoms with Gasteiger partial charge in [-0.05, 0) is 30.9 Å². The van der Waals surface area contributed by atoms with Gasteiger partial charge in [0.1, 0.15) is 0 Å². The zero-order valence-corrected chi connectivity index (χ0v) is 15.3. The minimum Gasteiger partial charge on any atom is -0.356 e. The highest BCUT2D eigenvalue weighted by Crippen LogP contribution is 2.28. The van der Waals surface area contributed by atoms with Crippen molar-refractivity contribution in [3.63, 3.8) is 0 Å². The molecule has 2 N–H and O–H groups in total. The van der Waals surface area contributed by atoms with Crippen LogP contribution in [0.5, 0.6) is 0 Å². The van der Waals surface area contributed by atoms with E-state index in [0.717, 1.165) is 18.9 Å². The molecule has 0 saturated heterocycles. The zero-order valence-electron chi connectivity index (χ0n) is 14.5. The quantitative estimate of drug-likeness (QED) is 0.429. The average Bonchev–Trinajstić information content (AvgIpc) is 3.11. The zero-order chi connectivity index (χ0) is 17.3. The standard InChI is InChI=1S/C18H29N3O2S/c1-19-18(20-13-7-10-16-8-5-6-9-16)21-14-15-24(22,23)17-11-3-2-4-12-17/h2-4,11-12,16H,5-10,13-15H2,1H3,(H2,19,20,21). The molecule has 1 aliphatic rings. The lowest BCUT2D eigenvalue weighted by Gasteiger charge is -2.13. The van der Waals surface area contributed by atoms with Gasteiger partial charge in [-0.2, -0.15) is 0 Å². The average molecular weight is 352 g/mol. The van der Waals surface area contributed by atoms with Gasteiger partial charge in [-0.1, -0.05) is 43.9 Å². The van der Waals surface area contributed by atoms with Crippen molar-refractivity contribution in [3.8, 4) is 0 Å². The Kier molecular flexibility index (Phi) is 7.56. The molecular weight excluding hydrogens is 322 g/mol. The molecule has 2 rings (SSSR count). The maximum absolute atomic E-state index is 12.2. The van der Waals surface area contributed by atoms with Gasteiger partial charge in [-0.3, -0.25) is 4.99 Å². The first-order valence-corrected chi connectivity index (χ1v) is 10.5. The molecule has 0 heterocycles. The van der Waals surface area contributed by atoms with Crippen LogP contribution in [0.4, 0.5) is 0 Å². The topological polar surface area (TPSA) is 70.6 Å². The number of benzene rings is 1. The molecule has 1 aromatic carbocycles. The minimum absolute atomic E-state index is 0.0553. The summed E-state index contributed by atoms with van der Waals surface area (Å²) in [6.07, 6.45) is 7.93. The van der Waals surface area contributed by atoms with Crippen molar-refractivity contribution in [2.75, 3.05) is 25.9 Å². The summed E-state index contributed by atoms with van der Waals surface area (Å²) in [5.41, 5.74) is 0. The van der Waals surface area contributed by atoms with Crippen LogP contribution in [0.1, 0.15) is 38.5 Å². The van der Waals surface area contributed by atoms with Crippen LogP contribution in [0, 0.1) is 5.92 Å². The first-order valence-electron chi connectivity index (χ1n) is 8.84. The number of sulfone groups is 1. The van der Waals surface area contributed by atoms with Gasteiger partial charge in [0.15, 0.2) is 15.8 Å². The van der Waals surface area contributed by atoms with Crippen molar-refractivity contribution in [2.45, 2.75) is 43.4 Å². The predicted octanol–water partition coefficient (Wildman–Crippen LogP) is 2.60. The Morgan fingerprint density at radius 3 is 2.46 bits per heavy atom. The van der Waals surface area contributed by atoms with Crippen molar-refractivity contribution < 1.29 is 8.42 Å². The summed E-state index contributed by atoms with van der Waals surface area (Å²) >= 11 is 0. The molecule has 0 aliphatic heterocycles. The van der Waals surface area contributed by atoms with Crippen molar-refractivity contribution >= 4 is 15.8 Å². The molecule has 0 bridgehead atoms. The second kappa shape index (κ2) is 9.67. The van der Waals surface area contributed by atoms with Gasteiger partial charge in [-0.15, -0.1) is 0 Å². The summed E-state index contributed by atoms with van der Waals surface area (Å²) in [5, 5.41) is 6.35. The Hall–Kier alpha value is -1.56. The van der Waals surface area contributed by atoms with E-state index in [1.807, 2.05) is 6.07 Å². The summed E-state index contributed by atoms with van der Waals surface area (Å²) in [6.45, 7) is 1.22. The van der Waals surface area contributed by atoms with Crippen LogP contribution in [-0.4, -0.2) is 40.3 Å². The van der Waals surface area contributed by atoms with Crippen LogP contribution >= 0.6 is 0 Å². The van der Waals surface area contributed by atoms with Gasteiger partial charge < -0.3 is 10.6 Å². The van der Waals surface area contributed by atoms with E-state index in [-0.39, 0.29) is 5.75 Å². The number of aliphatic imine (C=N–C) groups is 1. The number of rotatable bonds is 8. The molecule has 1 fully saturated rings. The number of hydrogen-bond acceptors (Lipinski definition) is 3. The van der Waals surface area contributed by atoms with Gasteiger partial charge in [0.25, 0.3) is 0 Å². The fourth-order valence-electron chi connectivity index (χ4n) is 3.17. The highest BCUT2D eigenvalue weighted by atomic mass is 32.2. The first kappa shape index (κ1) is 18.8. The maximum atomic E-state index is 12.2. The Morgan fingerprint density at radius 2 is 1.79 bits per heavy atom. The summed E-state index contributed by atoms with van der Waals surface area (Å²) in [6, 6.07) is 8.56. The molecule has 1 aromatic rings. The normalized spacial score (nSPS) is 16.3. The number of hydrogen-bond donors (Lipinski definition) is 2. The lowest BCUT2D eigenvalue weighted by Crippen LogP contribution is -2.40. The smallest absolute Gasteiger partial charge is 0.191 e.